The highest BCUT2D eigenvalue weighted by molar-refractivity contribution is 6.33. The Morgan fingerprint density at radius 1 is 0.402 bits per heavy atom. The smallest absolute Gasteiger partial charge is 0.274 e. The van der Waals surface area contributed by atoms with Gasteiger partial charge in [-0.2, -0.15) is 0 Å². The predicted molar refractivity (Wildman–Crippen MR) is 450 cm³/mol. The zero-order valence-electron chi connectivity index (χ0n) is 68.8. The molecule has 3 aliphatic carbocycles. The van der Waals surface area contributed by atoms with Crippen molar-refractivity contribution < 1.29 is 84.9 Å². The minimum Gasteiger partial charge on any atom is -0.495 e. The predicted octanol–water partition coefficient (Wildman–Crippen LogP) is 14.0. The number of benzene rings is 6. The van der Waals surface area contributed by atoms with Gasteiger partial charge in [0.1, 0.15) is 69.6 Å². The fourth-order valence-corrected chi connectivity index (χ4v) is 18.6. The summed E-state index contributed by atoms with van der Waals surface area (Å²) < 4.78 is 93.6. The fraction of sp³-hybridized carbons (Fsp3) is 0.380. The van der Waals surface area contributed by atoms with Gasteiger partial charge in [0.2, 0.25) is 16.3 Å². The normalized spacial score (nSPS) is 19.6. The lowest BCUT2D eigenvalue weighted by atomic mass is 9.67. The second kappa shape index (κ2) is 37.7. The van der Waals surface area contributed by atoms with Crippen molar-refractivity contribution >= 4 is 69.9 Å². The van der Waals surface area contributed by atoms with Crippen molar-refractivity contribution in [2.24, 2.45) is 17.8 Å². The molecule has 0 radical (unpaired) electrons. The molecule has 3 spiro atoms. The van der Waals surface area contributed by atoms with Crippen LogP contribution in [-0.2, 0) is 65.2 Å². The quantitative estimate of drug-likeness (QED) is 0.0427. The topological polar surface area (TPSA) is 272 Å². The second-order valence-corrected chi connectivity index (χ2v) is 33.2. The maximum absolute atomic E-state index is 14.8. The molecule has 30 heteroatoms. The first kappa shape index (κ1) is 88.7. The highest BCUT2D eigenvalue weighted by Gasteiger charge is 2.55. The van der Waals surface area contributed by atoms with Crippen molar-refractivity contribution in [1.29, 1.82) is 0 Å². The van der Waals surface area contributed by atoms with Crippen LogP contribution in [0.5, 0.6) is 34.5 Å². The van der Waals surface area contributed by atoms with Gasteiger partial charge in [0.15, 0.2) is 51.7 Å². The summed E-state index contributed by atoms with van der Waals surface area (Å²) in [5.74, 6) is -3.85. The number of nitrogens with zero attached hydrogens (tertiary/aromatic N) is 6. The number of carbonyl (C=O) groups excluding carboxylic acids is 6. The molecule has 15 rings (SSSR count). The lowest BCUT2D eigenvalue weighted by Crippen LogP contribution is -2.60. The van der Waals surface area contributed by atoms with Gasteiger partial charge < -0.3 is 71.4 Å². The number of halogens is 6. The van der Waals surface area contributed by atoms with Gasteiger partial charge in [-0.25, -0.2) is 13.2 Å². The Balaban J connectivity index is 0.000000158. The monoisotopic (exact) mass is 1730 g/mol. The molecule has 0 atom stereocenters. The molecule has 6 aliphatic rings. The average Bonchev–Trinajstić information content (AvgIpc) is 0.721. The number of ketones is 3. The van der Waals surface area contributed by atoms with E-state index in [0.717, 1.165) is 42.4 Å². The molecular formula is C92H94Cl3F3N6O18. The standard InChI is InChI=1S/2C31H32ClFN2O6.C30H30ClFN2O6/c2*1-34-18-31(13-20(14-31)16-39-2)35-15-22(23(36)11-9-21-10-12-24(40-3)25(32)26(21)33)28(37)29(27(35)30(34)38)41-17-19-7-5-4-6-8-19;1-33-17-30(12-19(13-30)15-35)34-14-21(22(36)10-8-20-9-11-23(39-2)24(31)25(20)32)27(37)28(26(34)29(33)38)40-16-18-6-4-3-5-7-18/h2*4-8,10,12,15,20H,9,11,13-14,16-18H2,1-3H3;3-7,9,11,14,19,35H,8,10,12-13,15-17H2,1-2H3. The number of Topliss-reactive ketones (excluding diaryl/α,β-unsaturated/α-hetero) is 3. The van der Waals surface area contributed by atoms with Crippen LogP contribution in [0.25, 0.3) is 0 Å². The van der Waals surface area contributed by atoms with Crippen molar-refractivity contribution in [2.45, 2.75) is 113 Å². The molecule has 0 bridgehead atoms. The van der Waals surface area contributed by atoms with E-state index in [-0.39, 0.29) is 200 Å². The SMILES string of the molecule is COCC1CC2(C1)CN(C)C(=O)c1c(OCc3ccccc3)c(=O)c(C(=O)CCc3ccc(OC)c(Cl)c3F)cn12.COCC1CC2(C1)CN(C)C(=O)c1c(OCc3ccccc3)c(=O)c(C(=O)CCc3ccc(OC)c(Cl)c3F)cn12.COc1ccc(CCC(=O)c2cn3c(c(OCc4ccccc4)c2=O)C(=O)N(C)CC32CC(CO)C2)c(F)c1Cl. The number of aryl methyl sites for hydroxylation is 3. The molecule has 6 heterocycles. The molecule has 3 aliphatic heterocycles. The van der Waals surface area contributed by atoms with Gasteiger partial charge in [-0.05, 0) is 127 Å². The van der Waals surface area contributed by atoms with Crippen LogP contribution in [-0.4, -0.2) is 165 Å². The van der Waals surface area contributed by atoms with E-state index in [2.05, 4.69) is 0 Å². The highest BCUT2D eigenvalue weighted by Crippen LogP contribution is 2.52. The van der Waals surface area contributed by atoms with E-state index in [1.165, 1.54) is 76.3 Å². The average molecular weight is 1740 g/mol. The van der Waals surface area contributed by atoms with Crippen LogP contribution < -0.4 is 44.7 Å². The largest absolute Gasteiger partial charge is 0.495 e. The maximum Gasteiger partial charge on any atom is 0.274 e. The summed E-state index contributed by atoms with van der Waals surface area (Å²) in [6, 6.07) is 36.8. The molecule has 3 amide bonds. The minimum atomic E-state index is -0.683. The van der Waals surface area contributed by atoms with Gasteiger partial charge in [0.25, 0.3) is 17.7 Å². The molecule has 1 N–H and O–H groups in total. The minimum absolute atomic E-state index is 0.00802. The van der Waals surface area contributed by atoms with Crippen LogP contribution in [0.4, 0.5) is 13.2 Å². The van der Waals surface area contributed by atoms with Gasteiger partial charge in [-0.15, -0.1) is 0 Å². The van der Waals surface area contributed by atoms with Gasteiger partial charge in [-0.3, -0.25) is 43.2 Å². The van der Waals surface area contributed by atoms with E-state index in [1.807, 2.05) is 91.0 Å². The number of aliphatic hydroxyl groups excluding tert-OH is 1. The Labute approximate surface area is 717 Å². The number of ether oxygens (including phenoxy) is 8. The molecule has 3 aromatic heterocycles. The second-order valence-electron chi connectivity index (χ2n) is 32.1. The first-order chi connectivity index (χ1) is 58.6. The number of aliphatic hydroxyl groups is 1. The Bertz CT molecular complexity index is 5450. The van der Waals surface area contributed by atoms with Crippen LogP contribution in [0.1, 0.15) is 154 Å². The van der Waals surface area contributed by atoms with Crippen molar-refractivity contribution in [1.82, 2.24) is 28.4 Å². The third-order valence-corrected chi connectivity index (χ3v) is 24.9. The summed E-state index contributed by atoms with van der Waals surface area (Å²) in [5.41, 5.74) is -0.409. The molecular weight excluding hydrogens is 1640 g/mol. The highest BCUT2D eigenvalue weighted by atomic mass is 35.5. The van der Waals surface area contributed by atoms with Gasteiger partial charge in [-0.1, -0.05) is 144 Å². The van der Waals surface area contributed by atoms with E-state index in [4.69, 9.17) is 72.7 Å². The molecule has 0 unspecified atom stereocenters. The number of methoxy groups -OCH3 is 5. The molecule has 3 fully saturated rings. The summed E-state index contributed by atoms with van der Waals surface area (Å²) in [4.78, 5) is 127. The summed E-state index contributed by atoms with van der Waals surface area (Å²) in [7, 11) is 12.5. The number of rotatable bonds is 29. The van der Waals surface area contributed by atoms with Crippen molar-refractivity contribution in [2.75, 3.05) is 96.1 Å². The number of likely N-dealkylation sites (N-methyl/N-ethyl adjacent to an activating group) is 3. The van der Waals surface area contributed by atoms with Crippen LogP contribution >= 0.6 is 34.8 Å². The molecule has 642 valence electrons. The van der Waals surface area contributed by atoms with E-state index in [0.29, 0.717) is 45.7 Å². The van der Waals surface area contributed by atoms with E-state index in [9.17, 15) is 61.4 Å². The number of amides is 3. The van der Waals surface area contributed by atoms with Crippen molar-refractivity contribution in [3.8, 4) is 34.5 Å². The molecule has 24 nitrogen and oxygen atoms in total. The van der Waals surface area contributed by atoms with Gasteiger partial charge >= 0.3 is 0 Å². The summed E-state index contributed by atoms with van der Waals surface area (Å²) in [6.07, 6.45) is 8.11. The fourth-order valence-electron chi connectivity index (χ4n) is 17.8. The number of fused-ring (bicyclic) bond motifs is 6. The maximum atomic E-state index is 14.8. The Hall–Kier alpha value is -11.1. The van der Waals surface area contributed by atoms with E-state index >= 15 is 0 Å². The lowest BCUT2D eigenvalue weighted by molar-refractivity contribution is -0.0192. The number of hydrogen-bond donors (Lipinski definition) is 1. The third-order valence-electron chi connectivity index (χ3n) is 23.8. The van der Waals surface area contributed by atoms with E-state index < -0.39 is 67.7 Å². The van der Waals surface area contributed by atoms with E-state index in [1.54, 1.807) is 63.8 Å². The number of hydrogen-bond acceptors (Lipinski definition) is 18. The van der Waals surface area contributed by atoms with Crippen molar-refractivity contribution in [3.05, 3.63) is 276 Å². The molecule has 0 saturated heterocycles. The summed E-state index contributed by atoms with van der Waals surface area (Å²) in [6.45, 7) is 2.53. The van der Waals surface area contributed by atoms with Crippen LogP contribution in [0, 0.1) is 35.2 Å². The molecule has 3 saturated carbocycles. The summed E-state index contributed by atoms with van der Waals surface area (Å²) in [5, 5.41) is 9.20. The number of carbonyl (C=O) groups is 6. The number of pyridine rings is 3. The Kier molecular flexibility index (Phi) is 27.4. The first-order valence-corrected chi connectivity index (χ1v) is 41.1. The number of aromatic nitrogens is 3. The molecule has 122 heavy (non-hydrogen) atoms. The third kappa shape index (κ3) is 17.8. The van der Waals surface area contributed by atoms with Crippen LogP contribution in [0.15, 0.2) is 160 Å². The lowest BCUT2D eigenvalue weighted by Gasteiger charge is -2.54. The van der Waals surface area contributed by atoms with Crippen LogP contribution in [0.3, 0.4) is 0 Å². The van der Waals surface area contributed by atoms with Gasteiger partial charge in [0, 0.05) is 113 Å². The molecule has 9 aromatic rings. The molecule has 6 aromatic carbocycles. The zero-order chi connectivity index (χ0) is 87.2. The summed E-state index contributed by atoms with van der Waals surface area (Å²) >= 11 is 18.1. The first-order valence-electron chi connectivity index (χ1n) is 39.9. The van der Waals surface area contributed by atoms with Crippen LogP contribution in [0.2, 0.25) is 15.1 Å². The Morgan fingerprint density at radius 3 is 0.910 bits per heavy atom. The van der Waals surface area contributed by atoms with Crippen molar-refractivity contribution in [3.63, 3.8) is 0 Å². The zero-order valence-corrected chi connectivity index (χ0v) is 71.0. The van der Waals surface area contributed by atoms with Gasteiger partial charge in [0.05, 0.1) is 54.6 Å². The Morgan fingerprint density at radius 2 is 0.664 bits per heavy atom.